The molecule has 1 heterocycles. The molecule has 0 aromatic heterocycles. The van der Waals surface area contributed by atoms with Crippen LogP contribution in [-0.2, 0) is 24.4 Å². The van der Waals surface area contributed by atoms with Crippen LogP contribution in [0.4, 0.5) is 4.39 Å². The Balaban J connectivity index is 0.00000385. The largest absolute Gasteiger partial charge is 0.369 e. The van der Waals surface area contributed by atoms with E-state index in [0.29, 0.717) is 24.6 Å². The highest BCUT2D eigenvalue weighted by Gasteiger charge is 2.23. The van der Waals surface area contributed by atoms with Gasteiger partial charge in [0.2, 0.25) is 5.91 Å². The van der Waals surface area contributed by atoms with Gasteiger partial charge in [-0.05, 0) is 61.6 Å². The van der Waals surface area contributed by atoms with Crippen molar-refractivity contribution in [2.75, 3.05) is 19.6 Å². The quantitative estimate of drug-likeness (QED) is 0.258. The number of nitrogens with two attached hydrogens (primary N) is 1. The molecule has 6 nitrogen and oxygen atoms in total. The van der Waals surface area contributed by atoms with E-state index in [9.17, 15) is 9.18 Å². The van der Waals surface area contributed by atoms with E-state index in [0.717, 1.165) is 50.1 Å². The molecule has 2 aromatic carbocycles. The van der Waals surface area contributed by atoms with Crippen molar-refractivity contribution in [1.82, 2.24) is 15.5 Å². The van der Waals surface area contributed by atoms with Crippen LogP contribution in [0.1, 0.15) is 42.0 Å². The third-order valence-corrected chi connectivity index (χ3v) is 5.77. The summed E-state index contributed by atoms with van der Waals surface area (Å²) in [5.41, 5.74) is 9.34. The average Bonchev–Trinajstić information content (AvgIpc) is 2.78. The zero-order valence-electron chi connectivity index (χ0n) is 19.4. The van der Waals surface area contributed by atoms with Crippen LogP contribution in [0, 0.1) is 18.7 Å². The molecule has 0 saturated carbocycles. The first-order valence-electron chi connectivity index (χ1n) is 11.3. The van der Waals surface area contributed by atoms with Gasteiger partial charge in [-0.1, -0.05) is 36.4 Å². The van der Waals surface area contributed by atoms with Gasteiger partial charge in [0, 0.05) is 26.2 Å². The number of rotatable bonds is 8. The van der Waals surface area contributed by atoms with Crippen LogP contribution in [0.15, 0.2) is 47.5 Å². The van der Waals surface area contributed by atoms with Crippen LogP contribution in [0.3, 0.4) is 0 Å². The minimum atomic E-state index is -0.199. The molecule has 1 unspecified atom stereocenters. The van der Waals surface area contributed by atoms with Gasteiger partial charge in [0.1, 0.15) is 5.82 Å². The first kappa shape index (κ1) is 27.0. The van der Waals surface area contributed by atoms with Crippen LogP contribution in [0.5, 0.6) is 0 Å². The van der Waals surface area contributed by atoms with Gasteiger partial charge in [-0.3, -0.25) is 9.69 Å². The number of aliphatic imine (C=N–C) groups is 1. The molecule has 0 bridgehead atoms. The smallest absolute Gasteiger partial charge is 0.221 e. The predicted octanol–water partition coefficient (Wildman–Crippen LogP) is 3.70. The Morgan fingerprint density at radius 1 is 1.18 bits per heavy atom. The number of piperidine rings is 1. The third kappa shape index (κ3) is 8.58. The number of hydrogen-bond donors (Lipinski definition) is 3. The van der Waals surface area contributed by atoms with Crippen molar-refractivity contribution in [3.05, 3.63) is 70.5 Å². The molecule has 0 radical (unpaired) electrons. The van der Waals surface area contributed by atoms with Gasteiger partial charge in [0.05, 0.1) is 12.5 Å². The fraction of sp³-hybridized carbons (Fsp3) is 0.440. The summed E-state index contributed by atoms with van der Waals surface area (Å²) in [5.74, 6) is 0.250. The summed E-state index contributed by atoms with van der Waals surface area (Å²) in [6, 6.07) is 13.6. The van der Waals surface area contributed by atoms with E-state index in [-0.39, 0.29) is 41.6 Å². The second kappa shape index (κ2) is 13.5. The first-order valence-corrected chi connectivity index (χ1v) is 11.3. The molecule has 1 aliphatic heterocycles. The maximum atomic E-state index is 13.8. The van der Waals surface area contributed by atoms with Gasteiger partial charge in [0.25, 0.3) is 0 Å². The normalized spacial score (nSPS) is 16.7. The predicted molar refractivity (Wildman–Crippen MR) is 142 cm³/mol. The van der Waals surface area contributed by atoms with E-state index in [1.165, 1.54) is 5.56 Å². The molecule has 0 spiro atoms. The zero-order chi connectivity index (χ0) is 22.9. The van der Waals surface area contributed by atoms with Crippen LogP contribution in [0.2, 0.25) is 0 Å². The highest BCUT2D eigenvalue weighted by Crippen LogP contribution is 2.19. The third-order valence-electron chi connectivity index (χ3n) is 5.77. The molecule has 1 saturated heterocycles. The summed E-state index contributed by atoms with van der Waals surface area (Å²) < 4.78 is 13.8. The van der Waals surface area contributed by atoms with Gasteiger partial charge in [-0.2, -0.15) is 0 Å². The molecule has 3 rings (SSSR count). The Hall–Kier alpha value is -2.20. The van der Waals surface area contributed by atoms with Crippen LogP contribution >= 0.6 is 24.0 Å². The fourth-order valence-corrected chi connectivity index (χ4v) is 3.96. The number of nitrogens with zero attached hydrogens (tertiary/aromatic N) is 2. The van der Waals surface area contributed by atoms with Crippen molar-refractivity contribution in [3.63, 3.8) is 0 Å². The number of amides is 1. The summed E-state index contributed by atoms with van der Waals surface area (Å²) in [5, 5.41) is 6.51. The fourth-order valence-electron chi connectivity index (χ4n) is 3.96. The van der Waals surface area contributed by atoms with Gasteiger partial charge in [-0.25, -0.2) is 9.38 Å². The topological polar surface area (TPSA) is 82.8 Å². The lowest BCUT2D eigenvalue weighted by Crippen LogP contribution is -2.40. The van der Waals surface area contributed by atoms with Gasteiger partial charge < -0.3 is 16.4 Å². The number of primary amides is 1. The Bertz CT molecular complexity index is 952. The van der Waals surface area contributed by atoms with Crippen molar-refractivity contribution < 1.29 is 9.18 Å². The van der Waals surface area contributed by atoms with E-state index in [1.807, 2.05) is 19.1 Å². The van der Waals surface area contributed by atoms with Gasteiger partial charge in [0.15, 0.2) is 5.96 Å². The summed E-state index contributed by atoms with van der Waals surface area (Å²) in [4.78, 5) is 18.5. The summed E-state index contributed by atoms with van der Waals surface area (Å²) in [7, 11) is 0. The number of hydrogen-bond acceptors (Lipinski definition) is 3. The lowest BCUT2D eigenvalue weighted by molar-refractivity contribution is -0.123. The van der Waals surface area contributed by atoms with Crippen molar-refractivity contribution in [2.24, 2.45) is 16.6 Å². The number of nitrogens with one attached hydrogen (secondary N) is 2. The molecule has 1 fully saturated rings. The minimum Gasteiger partial charge on any atom is -0.369 e. The number of guanidine groups is 1. The molecule has 180 valence electrons. The number of carbonyl (C=O) groups excluding carboxylic acids is 1. The molecule has 1 atom stereocenters. The highest BCUT2D eigenvalue weighted by atomic mass is 127. The molecule has 1 aliphatic rings. The Morgan fingerprint density at radius 2 is 1.97 bits per heavy atom. The molecule has 4 N–H and O–H groups in total. The van der Waals surface area contributed by atoms with E-state index < -0.39 is 0 Å². The molecule has 2 aromatic rings. The second-order valence-corrected chi connectivity index (χ2v) is 8.43. The first-order chi connectivity index (χ1) is 15.4. The summed E-state index contributed by atoms with van der Waals surface area (Å²) in [6.45, 7) is 8.07. The Labute approximate surface area is 213 Å². The average molecular weight is 567 g/mol. The zero-order valence-corrected chi connectivity index (χ0v) is 21.8. The van der Waals surface area contributed by atoms with Crippen molar-refractivity contribution in [1.29, 1.82) is 0 Å². The maximum absolute atomic E-state index is 13.8. The monoisotopic (exact) mass is 567 g/mol. The standard InChI is InChI=1S/C25H34FN5O.HI/c1-3-28-25(30-15-20-10-9-18(2)23(26)13-20)29-14-19-6-4-7-21(12-19)16-31-11-5-8-22(17-31)24(27)32;/h4,6-7,9-10,12-13,22H,3,5,8,11,14-17H2,1-2H3,(H2,27,32)(H2,28,29,30);1H. The van der Waals surface area contributed by atoms with Crippen LogP contribution < -0.4 is 16.4 Å². The van der Waals surface area contributed by atoms with Crippen LogP contribution in [-0.4, -0.2) is 36.4 Å². The van der Waals surface area contributed by atoms with Crippen molar-refractivity contribution in [3.8, 4) is 0 Å². The van der Waals surface area contributed by atoms with E-state index >= 15 is 0 Å². The number of aryl methyl sites for hydroxylation is 1. The number of benzene rings is 2. The SMILES string of the molecule is CCNC(=NCc1cccc(CN2CCCC(C(N)=O)C2)c1)NCc1ccc(C)c(F)c1.I. The molecular weight excluding hydrogens is 532 g/mol. The molecular formula is C25H35FIN5O. The molecule has 33 heavy (non-hydrogen) atoms. The summed E-state index contributed by atoms with van der Waals surface area (Å²) >= 11 is 0. The Morgan fingerprint density at radius 3 is 2.70 bits per heavy atom. The van der Waals surface area contributed by atoms with E-state index in [2.05, 4.69) is 38.7 Å². The number of likely N-dealkylation sites (tertiary alicyclic amines) is 1. The lowest BCUT2D eigenvalue weighted by atomic mass is 9.97. The molecule has 0 aliphatic carbocycles. The van der Waals surface area contributed by atoms with E-state index in [1.54, 1.807) is 19.1 Å². The number of halogens is 2. The van der Waals surface area contributed by atoms with Gasteiger partial charge >= 0.3 is 0 Å². The lowest BCUT2D eigenvalue weighted by Gasteiger charge is -2.31. The van der Waals surface area contributed by atoms with Crippen molar-refractivity contribution in [2.45, 2.75) is 46.3 Å². The van der Waals surface area contributed by atoms with Crippen molar-refractivity contribution >= 4 is 35.8 Å². The maximum Gasteiger partial charge on any atom is 0.221 e. The van der Waals surface area contributed by atoms with Crippen LogP contribution in [0.25, 0.3) is 0 Å². The number of carbonyl (C=O) groups is 1. The van der Waals surface area contributed by atoms with E-state index in [4.69, 9.17) is 5.73 Å². The summed E-state index contributed by atoms with van der Waals surface area (Å²) in [6.07, 6.45) is 1.89. The molecule has 8 heteroatoms. The second-order valence-electron chi connectivity index (χ2n) is 8.43. The highest BCUT2D eigenvalue weighted by molar-refractivity contribution is 14.0. The van der Waals surface area contributed by atoms with Gasteiger partial charge in [-0.15, -0.1) is 24.0 Å². The molecule has 1 amide bonds. The minimum absolute atomic E-state index is 0. The Kier molecular flexibility index (Phi) is 11.1.